The van der Waals surface area contributed by atoms with Crippen molar-refractivity contribution in [3.63, 3.8) is 0 Å². The summed E-state index contributed by atoms with van der Waals surface area (Å²) < 4.78 is 31.9. The number of phosphoric ester groups is 1. The van der Waals surface area contributed by atoms with Crippen molar-refractivity contribution in [2.24, 2.45) is 0 Å². The van der Waals surface area contributed by atoms with Crippen molar-refractivity contribution >= 4 is 19.8 Å². The maximum Gasteiger partial charge on any atom is 1.00 e. The third kappa shape index (κ3) is 38.8. The van der Waals surface area contributed by atoms with Gasteiger partial charge in [0.05, 0.1) is 6.61 Å². The Morgan fingerprint density at radius 2 is 0.920 bits per heavy atom. The largest absolute Gasteiger partial charge is 1.00 e. The molecule has 288 valence electrons. The topological polar surface area (TPSA) is 108 Å². The van der Waals surface area contributed by atoms with E-state index in [1.54, 1.807) is 0 Å². The molecular formula is C40H75NaO8P+. The van der Waals surface area contributed by atoms with Crippen LogP contribution in [0.5, 0.6) is 0 Å². The molecule has 0 rings (SSSR count). The predicted octanol–water partition coefficient (Wildman–Crippen LogP) is 9.28. The number of phosphoric acid groups is 1. The van der Waals surface area contributed by atoms with Gasteiger partial charge in [-0.15, -0.1) is 0 Å². The Labute approximate surface area is 329 Å². The van der Waals surface area contributed by atoms with E-state index < -0.39 is 26.5 Å². The van der Waals surface area contributed by atoms with Gasteiger partial charge in [0.1, 0.15) is 6.61 Å². The summed E-state index contributed by atoms with van der Waals surface area (Å²) in [6.07, 6.45) is 39.4. The summed E-state index contributed by atoms with van der Waals surface area (Å²) in [4.78, 5) is 34.4. The van der Waals surface area contributed by atoms with Gasteiger partial charge in [0.15, 0.2) is 6.10 Å². The standard InChI is InChI=1S/C40H75O8P.Na/c1-4-6-8-10-12-14-16-18-20-22-24-26-28-30-32-34-39(41)46-36-38(37-47-49(43,44)45-3)48-40(42)35-33-31-29-27-25-23-21-19-17-15-13-11-9-7-5-2;/h18-21,38H,4-17,22-37H2,1-3H3,(H,43,44);/q;+1/b20-18-,21-19-;/t38-;/m1./s1. The minimum Gasteiger partial charge on any atom is -0.462 e. The summed E-state index contributed by atoms with van der Waals surface area (Å²) in [5.74, 6) is -0.820. The van der Waals surface area contributed by atoms with E-state index in [4.69, 9.17) is 14.0 Å². The molecule has 0 fully saturated rings. The maximum atomic E-state index is 12.5. The van der Waals surface area contributed by atoms with Gasteiger partial charge in [0, 0.05) is 20.0 Å². The molecule has 0 bridgehead atoms. The van der Waals surface area contributed by atoms with Gasteiger partial charge in [-0.25, -0.2) is 4.57 Å². The summed E-state index contributed by atoms with van der Waals surface area (Å²) in [6.45, 7) is 3.86. The molecule has 10 heteroatoms. The molecule has 0 aliphatic heterocycles. The molecule has 1 N–H and O–H groups in total. The summed E-state index contributed by atoms with van der Waals surface area (Å²) in [5.41, 5.74) is 0. The Morgan fingerprint density at radius 1 is 0.560 bits per heavy atom. The van der Waals surface area contributed by atoms with Crippen LogP contribution in [-0.4, -0.2) is 43.3 Å². The quantitative estimate of drug-likeness (QED) is 0.0221. The van der Waals surface area contributed by atoms with Gasteiger partial charge in [-0.1, -0.05) is 141 Å². The molecule has 1 unspecified atom stereocenters. The minimum absolute atomic E-state index is 0. The molecule has 0 spiro atoms. The zero-order valence-corrected chi connectivity index (χ0v) is 35.7. The molecule has 0 saturated carbocycles. The first-order valence-electron chi connectivity index (χ1n) is 20.0. The molecule has 0 radical (unpaired) electrons. The molecule has 0 amide bonds. The fourth-order valence-corrected chi connectivity index (χ4v) is 5.99. The molecule has 2 atom stereocenters. The van der Waals surface area contributed by atoms with Crippen LogP contribution in [0.1, 0.15) is 194 Å². The van der Waals surface area contributed by atoms with E-state index in [-0.39, 0.29) is 55.0 Å². The van der Waals surface area contributed by atoms with Crippen LogP contribution in [0.4, 0.5) is 0 Å². The van der Waals surface area contributed by atoms with Crippen LogP contribution in [0.3, 0.4) is 0 Å². The van der Waals surface area contributed by atoms with Crippen LogP contribution >= 0.6 is 7.82 Å². The number of hydrogen-bond acceptors (Lipinski definition) is 7. The second-order valence-corrected chi connectivity index (χ2v) is 15.0. The van der Waals surface area contributed by atoms with E-state index in [0.29, 0.717) is 6.42 Å². The Hall–Kier alpha value is -0.470. The number of hydrogen-bond donors (Lipinski definition) is 1. The maximum absolute atomic E-state index is 12.5. The predicted molar refractivity (Wildman–Crippen MR) is 203 cm³/mol. The van der Waals surface area contributed by atoms with Crippen LogP contribution in [0.15, 0.2) is 24.3 Å². The Morgan fingerprint density at radius 3 is 1.32 bits per heavy atom. The van der Waals surface area contributed by atoms with Crippen molar-refractivity contribution in [3.8, 4) is 0 Å². The van der Waals surface area contributed by atoms with Crippen molar-refractivity contribution in [2.75, 3.05) is 20.3 Å². The smallest absolute Gasteiger partial charge is 0.462 e. The first-order chi connectivity index (χ1) is 23.8. The number of allylic oxidation sites excluding steroid dienone is 4. The minimum atomic E-state index is -4.26. The average Bonchev–Trinajstić information content (AvgIpc) is 3.09. The van der Waals surface area contributed by atoms with Crippen LogP contribution in [0.2, 0.25) is 0 Å². The molecule has 0 aliphatic carbocycles. The van der Waals surface area contributed by atoms with Crippen molar-refractivity contribution in [1.82, 2.24) is 0 Å². The summed E-state index contributed by atoms with van der Waals surface area (Å²) in [7, 11) is -3.20. The Balaban J connectivity index is 0. The van der Waals surface area contributed by atoms with Gasteiger partial charge in [0.2, 0.25) is 0 Å². The molecule has 0 aromatic rings. The zero-order chi connectivity index (χ0) is 36.1. The fraction of sp³-hybridized carbons (Fsp3) is 0.850. The molecule has 50 heavy (non-hydrogen) atoms. The van der Waals surface area contributed by atoms with Crippen LogP contribution in [-0.2, 0) is 32.7 Å². The van der Waals surface area contributed by atoms with Gasteiger partial charge in [-0.2, -0.15) is 0 Å². The van der Waals surface area contributed by atoms with Crippen LogP contribution < -0.4 is 29.6 Å². The van der Waals surface area contributed by atoms with E-state index in [1.165, 1.54) is 89.9 Å². The van der Waals surface area contributed by atoms with Gasteiger partial charge in [-0.05, 0) is 64.2 Å². The zero-order valence-electron chi connectivity index (χ0n) is 32.9. The van der Waals surface area contributed by atoms with E-state index in [0.717, 1.165) is 77.7 Å². The van der Waals surface area contributed by atoms with E-state index in [1.807, 2.05) is 0 Å². The van der Waals surface area contributed by atoms with Gasteiger partial charge < -0.3 is 14.4 Å². The molecule has 0 saturated heterocycles. The summed E-state index contributed by atoms with van der Waals surface area (Å²) in [5, 5.41) is 0. The molecule has 0 aromatic heterocycles. The monoisotopic (exact) mass is 738 g/mol. The number of esters is 2. The van der Waals surface area contributed by atoms with Gasteiger partial charge in [0.25, 0.3) is 0 Å². The Kier molecular flexibility index (Phi) is 41.0. The number of unbranched alkanes of at least 4 members (excludes halogenated alkanes) is 22. The van der Waals surface area contributed by atoms with Crippen molar-refractivity contribution in [2.45, 2.75) is 200 Å². The Bertz CT molecular complexity index is 866. The van der Waals surface area contributed by atoms with Crippen LogP contribution in [0.25, 0.3) is 0 Å². The normalized spacial score (nSPS) is 13.4. The van der Waals surface area contributed by atoms with Crippen molar-refractivity contribution in [3.05, 3.63) is 24.3 Å². The third-order valence-electron chi connectivity index (χ3n) is 8.67. The van der Waals surface area contributed by atoms with E-state index >= 15 is 0 Å². The summed E-state index contributed by atoms with van der Waals surface area (Å²) >= 11 is 0. The first kappa shape index (κ1) is 51.6. The van der Waals surface area contributed by atoms with Gasteiger partial charge in [-0.3, -0.25) is 18.6 Å². The second kappa shape index (κ2) is 39.7. The number of ether oxygens (including phenoxy) is 2. The summed E-state index contributed by atoms with van der Waals surface area (Å²) in [6, 6.07) is 0. The molecule has 8 nitrogen and oxygen atoms in total. The van der Waals surface area contributed by atoms with Crippen LogP contribution in [0, 0.1) is 0 Å². The SMILES string of the molecule is CCCCCCCC/C=C\CCCCCCCC(=O)OC[C@H](COP(=O)(O)OC)OC(=O)CCCCCCC/C=C\CCCCCCCC.[Na+]. The molecule has 0 aromatic carbocycles. The average molecular weight is 738 g/mol. The number of rotatable bonds is 37. The third-order valence-corrected chi connectivity index (χ3v) is 9.60. The molecular weight excluding hydrogens is 662 g/mol. The molecule has 0 heterocycles. The van der Waals surface area contributed by atoms with Crippen molar-refractivity contribution < 1.29 is 67.1 Å². The van der Waals surface area contributed by atoms with E-state index in [9.17, 15) is 19.0 Å². The second-order valence-electron chi connectivity index (χ2n) is 13.4. The van der Waals surface area contributed by atoms with Gasteiger partial charge >= 0.3 is 49.3 Å². The molecule has 0 aliphatic rings. The fourth-order valence-electron chi connectivity index (χ4n) is 5.53. The van der Waals surface area contributed by atoms with E-state index in [2.05, 4.69) is 42.7 Å². The number of carbonyl (C=O) groups excluding carboxylic acids is 2. The van der Waals surface area contributed by atoms with Crippen molar-refractivity contribution in [1.29, 1.82) is 0 Å². The first-order valence-corrected chi connectivity index (χ1v) is 21.5. The number of carbonyl (C=O) groups is 2.